The van der Waals surface area contributed by atoms with Gasteiger partial charge in [0, 0.05) is 48.7 Å². The lowest BCUT2D eigenvalue weighted by Gasteiger charge is -2.25. The molecule has 1 atom stereocenters. The predicted octanol–water partition coefficient (Wildman–Crippen LogP) is 2.56. The molecule has 0 radical (unpaired) electrons. The molecule has 5 heteroatoms. The second kappa shape index (κ2) is 5.89. The van der Waals surface area contributed by atoms with Gasteiger partial charge in [-0.1, -0.05) is 0 Å². The van der Waals surface area contributed by atoms with Gasteiger partial charge >= 0.3 is 0 Å². The first-order valence-corrected chi connectivity index (χ1v) is 7.80. The van der Waals surface area contributed by atoms with Crippen molar-refractivity contribution in [2.75, 3.05) is 25.0 Å². The van der Waals surface area contributed by atoms with Crippen LogP contribution in [0.4, 0.5) is 5.82 Å². The summed E-state index contributed by atoms with van der Waals surface area (Å²) in [6, 6.07) is 6.99. The molecule has 106 valence electrons. The first-order chi connectivity index (χ1) is 9.72. The molecule has 3 rings (SSSR count). The number of likely N-dealkylation sites (N-methyl/N-ethyl adjacent to an activating group) is 1. The summed E-state index contributed by atoms with van der Waals surface area (Å²) in [7, 11) is 2.13. The predicted molar refractivity (Wildman–Crippen MR) is 83.2 cm³/mol. The van der Waals surface area contributed by atoms with Crippen LogP contribution in [0, 0.1) is 6.92 Å². The smallest absolute Gasteiger partial charge is 0.131 e. The Bertz CT molecular complexity index is 554. The molecule has 1 fully saturated rings. The van der Waals surface area contributed by atoms with Crippen molar-refractivity contribution in [1.29, 1.82) is 0 Å². The Morgan fingerprint density at radius 1 is 1.40 bits per heavy atom. The number of thiophene rings is 1. The van der Waals surface area contributed by atoms with Crippen molar-refractivity contribution in [1.82, 2.24) is 14.9 Å². The second-order valence-electron chi connectivity index (χ2n) is 5.37. The largest absolute Gasteiger partial charge is 0.355 e. The van der Waals surface area contributed by atoms with Gasteiger partial charge in [-0.2, -0.15) is 0 Å². The molecule has 0 aliphatic carbocycles. The Labute approximate surface area is 124 Å². The fourth-order valence-electron chi connectivity index (χ4n) is 2.74. The molecule has 0 saturated carbocycles. The minimum atomic E-state index is 0.547. The van der Waals surface area contributed by atoms with Crippen LogP contribution in [0.2, 0.25) is 0 Å². The molecule has 1 aliphatic heterocycles. The molecule has 0 N–H and O–H groups in total. The summed E-state index contributed by atoms with van der Waals surface area (Å²) in [4.78, 5) is 16.0. The summed E-state index contributed by atoms with van der Waals surface area (Å²) >= 11 is 1.90. The van der Waals surface area contributed by atoms with Crippen LogP contribution in [0.1, 0.15) is 16.2 Å². The van der Waals surface area contributed by atoms with Crippen molar-refractivity contribution in [3.8, 4) is 0 Å². The fraction of sp³-hybridized carbons (Fsp3) is 0.467. The molecule has 1 unspecified atom stereocenters. The van der Waals surface area contributed by atoms with E-state index in [1.165, 1.54) is 16.2 Å². The highest BCUT2D eigenvalue weighted by molar-refractivity contribution is 7.11. The SMILES string of the molecule is Cc1ccc(CN2CCC(N(C)c3ccncn3)C2)s1. The van der Waals surface area contributed by atoms with Gasteiger partial charge in [0.1, 0.15) is 12.1 Å². The molecule has 2 aromatic rings. The Morgan fingerprint density at radius 2 is 2.30 bits per heavy atom. The minimum absolute atomic E-state index is 0.547. The Kier molecular flexibility index (Phi) is 3.98. The number of hydrogen-bond donors (Lipinski definition) is 0. The lowest BCUT2D eigenvalue weighted by Crippen LogP contribution is -2.34. The molecule has 4 nitrogen and oxygen atoms in total. The van der Waals surface area contributed by atoms with E-state index >= 15 is 0 Å². The molecule has 0 spiro atoms. The van der Waals surface area contributed by atoms with Crippen LogP contribution in [0.15, 0.2) is 30.7 Å². The number of nitrogens with zero attached hydrogens (tertiary/aromatic N) is 4. The number of likely N-dealkylation sites (tertiary alicyclic amines) is 1. The van der Waals surface area contributed by atoms with E-state index in [0.717, 1.165) is 25.5 Å². The number of aryl methyl sites for hydroxylation is 1. The molecule has 1 aliphatic rings. The maximum atomic E-state index is 4.33. The van der Waals surface area contributed by atoms with Crippen LogP contribution < -0.4 is 4.90 Å². The highest BCUT2D eigenvalue weighted by atomic mass is 32.1. The van der Waals surface area contributed by atoms with Gasteiger partial charge in [0.2, 0.25) is 0 Å². The van der Waals surface area contributed by atoms with Gasteiger partial charge in [0.05, 0.1) is 0 Å². The molecule has 2 aromatic heterocycles. The third kappa shape index (κ3) is 2.99. The Hall–Kier alpha value is -1.46. The summed E-state index contributed by atoms with van der Waals surface area (Å²) < 4.78 is 0. The van der Waals surface area contributed by atoms with Gasteiger partial charge in [0.15, 0.2) is 0 Å². The van der Waals surface area contributed by atoms with E-state index < -0.39 is 0 Å². The number of hydrogen-bond acceptors (Lipinski definition) is 5. The van der Waals surface area contributed by atoms with Crippen LogP contribution in [-0.4, -0.2) is 41.0 Å². The number of aromatic nitrogens is 2. The van der Waals surface area contributed by atoms with E-state index in [2.05, 4.69) is 45.9 Å². The topological polar surface area (TPSA) is 32.3 Å². The molecule has 3 heterocycles. The first kappa shape index (κ1) is 13.5. The van der Waals surface area contributed by atoms with Crippen molar-refractivity contribution < 1.29 is 0 Å². The zero-order valence-corrected chi connectivity index (χ0v) is 12.8. The van der Waals surface area contributed by atoms with Crippen molar-refractivity contribution >= 4 is 17.2 Å². The maximum absolute atomic E-state index is 4.33. The van der Waals surface area contributed by atoms with Crippen LogP contribution in [0.5, 0.6) is 0 Å². The molecular weight excluding hydrogens is 268 g/mol. The highest BCUT2D eigenvalue weighted by Crippen LogP contribution is 2.23. The van der Waals surface area contributed by atoms with Gasteiger partial charge < -0.3 is 4.90 Å². The molecule has 0 aromatic carbocycles. The third-order valence-electron chi connectivity index (χ3n) is 3.90. The van der Waals surface area contributed by atoms with E-state index in [9.17, 15) is 0 Å². The van der Waals surface area contributed by atoms with Gasteiger partial charge in [-0.25, -0.2) is 9.97 Å². The van der Waals surface area contributed by atoms with Crippen molar-refractivity contribution in [3.05, 3.63) is 40.5 Å². The number of anilines is 1. The standard InChI is InChI=1S/C15H20N4S/c1-12-3-4-14(20-12)10-19-8-6-13(9-19)18(2)15-5-7-16-11-17-15/h3-5,7,11,13H,6,8-10H2,1-2H3. The van der Waals surface area contributed by atoms with Crippen LogP contribution >= 0.6 is 11.3 Å². The van der Waals surface area contributed by atoms with E-state index in [4.69, 9.17) is 0 Å². The summed E-state index contributed by atoms with van der Waals surface area (Å²) in [5.41, 5.74) is 0. The molecular formula is C15H20N4S. The number of rotatable bonds is 4. The lowest BCUT2D eigenvalue weighted by atomic mass is 10.2. The van der Waals surface area contributed by atoms with Gasteiger partial charge in [-0.05, 0) is 31.5 Å². The first-order valence-electron chi connectivity index (χ1n) is 6.99. The average molecular weight is 288 g/mol. The summed E-state index contributed by atoms with van der Waals surface area (Å²) in [5.74, 6) is 1.01. The molecule has 1 saturated heterocycles. The zero-order valence-electron chi connectivity index (χ0n) is 12.0. The molecule has 0 amide bonds. The summed E-state index contributed by atoms with van der Waals surface area (Å²) in [5, 5.41) is 0. The van der Waals surface area contributed by atoms with E-state index in [-0.39, 0.29) is 0 Å². The van der Waals surface area contributed by atoms with Crippen molar-refractivity contribution in [2.24, 2.45) is 0 Å². The fourth-order valence-corrected chi connectivity index (χ4v) is 3.67. The van der Waals surface area contributed by atoms with Crippen LogP contribution in [0.3, 0.4) is 0 Å². The molecule has 20 heavy (non-hydrogen) atoms. The summed E-state index contributed by atoms with van der Waals surface area (Å²) in [6.45, 7) is 5.52. The highest BCUT2D eigenvalue weighted by Gasteiger charge is 2.26. The third-order valence-corrected chi connectivity index (χ3v) is 4.88. The van der Waals surface area contributed by atoms with Gasteiger partial charge in [0.25, 0.3) is 0 Å². The minimum Gasteiger partial charge on any atom is -0.355 e. The van der Waals surface area contributed by atoms with E-state index in [0.29, 0.717) is 6.04 Å². The zero-order chi connectivity index (χ0) is 13.9. The quantitative estimate of drug-likeness (QED) is 0.865. The monoisotopic (exact) mass is 288 g/mol. The molecule has 0 bridgehead atoms. The van der Waals surface area contributed by atoms with Crippen LogP contribution in [0.25, 0.3) is 0 Å². The normalized spacial score (nSPS) is 19.4. The van der Waals surface area contributed by atoms with Gasteiger partial charge in [-0.15, -0.1) is 11.3 Å². The average Bonchev–Trinajstić information content (AvgIpc) is 3.09. The lowest BCUT2D eigenvalue weighted by molar-refractivity contribution is 0.329. The summed E-state index contributed by atoms with van der Waals surface area (Å²) in [6.07, 6.45) is 4.62. The van der Waals surface area contributed by atoms with E-state index in [1.807, 2.05) is 17.4 Å². The Morgan fingerprint density at radius 3 is 3.00 bits per heavy atom. The van der Waals surface area contributed by atoms with E-state index in [1.54, 1.807) is 12.5 Å². The van der Waals surface area contributed by atoms with Crippen molar-refractivity contribution in [2.45, 2.75) is 25.9 Å². The van der Waals surface area contributed by atoms with Crippen LogP contribution in [-0.2, 0) is 6.54 Å². The van der Waals surface area contributed by atoms with Crippen molar-refractivity contribution in [3.63, 3.8) is 0 Å². The van der Waals surface area contributed by atoms with Gasteiger partial charge in [-0.3, -0.25) is 4.90 Å². The Balaban J connectivity index is 1.59. The second-order valence-corrected chi connectivity index (χ2v) is 6.74. The maximum Gasteiger partial charge on any atom is 0.131 e.